The molecule has 0 aromatic carbocycles. The minimum Gasteiger partial charge on any atom is -0.221 e. The molecule has 0 aliphatic heterocycles. The van der Waals surface area contributed by atoms with Gasteiger partial charge in [0.05, 0.1) is 0 Å². The fourth-order valence-electron chi connectivity index (χ4n) is 0.0833. The van der Waals surface area contributed by atoms with Gasteiger partial charge in [0.1, 0.15) is 0 Å². The quantitative estimate of drug-likeness (QED) is 0.494. The summed E-state index contributed by atoms with van der Waals surface area (Å²) in [7, 11) is 5.33. The van der Waals surface area contributed by atoms with Crippen molar-refractivity contribution in [2.75, 3.05) is 0 Å². The SMILES string of the molecule is [B]SC(C)(C)CC. The fourth-order valence-corrected chi connectivity index (χ4v) is 0.250. The van der Waals surface area contributed by atoms with E-state index >= 15 is 0 Å². The Labute approximate surface area is 51.4 Å². The van der Waals surface area contributed by atoms with Crippen molar-refractivity contribution in [1.82, 2.24) is 0 Å². The van der Waals surface area contributed by atoms with E-state index in [2.05, 4.69) is 20.8 Å². The van der Waals surface area contributed by atoms with Crippen molar-refractivity contribution in [2.45, 2.75) is 31.9 Å². The van der Waals surface area contributed by atoms with Gasteiger partial charge in [-0.25, -0.2) is 11.6 Å². The van der Waals surface area contributed by atoms with Gasteiger partial charge in [0, 0.05) is 0 Å². The van der Waals surface area contributed by atoms with Gasteiger partial charge in [0.2, 0.25) is 0 Å². The van der Waals surface area contributed by atoms with Gasteiger partial charge < -0.3 is 0 Å². The molecule has 0 N–H and O–H groups in total. The highest BCUT2D eigenvalue weighted by atomic mass is 32.2. The Morgan fingerprint density at radius 2 is 2.00 bits per heavy atom. The lowest BCUT2D eigenvalue weighted by molar-refractivity contribution is 0.689. The predicted molar refractivity (Wildman–Crippen MR) is 37.7 cm³/mol. The van der Waals surface area contributed by atoms with Crippen LogP contribution in [0.1, 0.15) is 27.2 Å². The number of rotatable bonds is 2. The number of hydrogen-bond donors (Lipinski definition) is 0. The zero-order valence-corrected chi connectivity index (χ0v) is 6.01. The topological polar surface area (TPSA) is 0 Å². The molecular weight excluding hydrogens is 103 g/mol. The molecular formula is C5H11BS. The molecule has 0 nitrogen and oxygen atoms in total. The van der Waals surface area contributed by atoms with Crippen LogP contribution in [-0.2, 0) is 0 Å². The van der Waals surface area contributed by atoms with Gasteiger partial charge >= 0.3 is 0 Å². The van der Waals surface area contributed by atoms with Crippen molar-refractivity contribution in [1.29, 1.82) is 0 Å². The second-order valence-electron chi connectivity index (χ2n) is 2.23. The standard InChI is InChI=1S/C5H11BS/c1-4-5(2,3)7-6/h4H2,1-3H3. The van der Waals surface area contributed by atoms with E-state index in [4.69, 9.17) is 7.12 Å². The second-order valence-corrected chi connectivity index (χ2v) is 3.57. The van der Waals surface area contributed by atoms with Crippen LogP contribution < -0.4 is 0 Å². The Kier molecular flexibility index (Phi) is 2.81. The van der Waals surface area contributed by atoms with Gasteiger partial charge in [-0.1, -0.05) is 20.8 Å². The summed E-state index contributed by atoms with van der Waals surface area (Å²) in [5.74, 6) is 0. The zero-order chi connectivity index (χ0) is 5.91. The third-order valence-electron chi connectivity index (χ3n) is 1.17. The molecule has 0 atom stereocenters. The number of hydrogen-bond acceptors (Lipinski definition) is 1. The highest BCUT2D eigenvalue weighted by Crippen LogP contribution is 2.23. The first-order chi connectivity index (χ1) is 3.12. The van der Waals surface area contributed by atoms with Crippen LogP contribution in [0.15, 0.2) is 0 Å². The minimum absolute atomic E-state index is 0.278. The van der Waals surface area contributed by atoms with Crippen molar-refractivity contribution in [2.24, 2.45) is 0 Å². The molecule has 0 aromatic heterocycles. The molecule has 0 fully saturated rings. The fraction of sp³-hybridized carbons (Fsp3) is 1.00. The van der Waals surface area contributed by atoms with E-state index in [1.54, 1.807) is 0 Å². The summed E-state index contributed by atoms with van der Waals surface area (Å²) >= 11 is 1.43. The molecule has 0 heterocycles. The average molecular weight is 114 g/mol. The average Bonchev–Trinajstić information content (AvgIpc) is 1.68. The van der Waals surface area contributed by atoms with Crippen molar-refractivity contribution >= 4 is 18.7 Å². The van der Waals surface area contributed by atoms with Crippen LogP contribution in [0.3, 0.4) is 0 Å². The largest absolute Gasteiger partial charge is 0.221 e. The van der Waals surface area contributed by atoms with Gasteiger partial charge in [-0.15, -0.1) is 0 Å². The Hall–Kier alpha value is 0.415. The molecule has 0 spiro atoms. The van der Waals surface area contributed by atoms with Crippen molar-refractivity contribution in [3.63, 3.8) is 0 Å². The summed E-state index contributed by atoms with van der Waals surface area (Å²) in [5.41, 5.74) is 0. The summed E-state index contributed by atoms with van der Waals surface area (Å²) in [6, 6.07) is 0. The van der Waals surface area contributed by atoms with E-state index in [0.29, 0.717) is 0 Å². The molecule has 0 unspecified atom stereocenters. The highest BCUT2D eigenvalue weighted by molar-refractivity contribution is 8.20. The summed E-state index contributed by atoms with van der Waals surface area (Å²) in [6.07, 6.45) is 1.13. The van der Waals surface area contributed by atoms with Crippen molar-refractivity contribution < 1.29 is 0 Å². The summed E-state index contributed by atoms with van der Waals surface area (Å²) in [6.45, 7) is 6.41. The smallest absolute Gasteiger partial charge is 0.162 e. The Bertz CT molecular complexity index is 46.0. The first-order valence-corrected chi connectivity index (χ1v) is 3.38. The highest BCUT2D eigenvalue weighted by Gasteiger charge is 2.09. The third kappa shape index (κ3) is 3.04. The van der Waals surface area contributed by atoms with Gasteiger partial charge in [-0.2, -0.15) is 0 Å². The van der Waals surface area contributed by atoms with Crippen LogP contribution >= 0.6 is 11.6 Å². The molecule has 0 rings (SSSR count). The second kappa shape index (κ2) is 2.66. The molecule has 0 saturated heterocycles. The molecule has 2 radical (unpaired) electrons. The Morgan fingerprint density at radius 1 is 1.57 bits per heavy atom. The zero-order valence-electron chi connectivity index (χ0n) is 5.19. The molecule has 0 saturated carbocycles. The lowest BCUT2D eigenvalue weighted by atomic mass is 10.1. The lowest BCUT2D eigenvalue weighted by Gasteiger charge is -2.18. The maximum Gasteiger partial charge on any atom is 0.162 e. The van der Waals surface area contributed by atoms with Gasteiger partial charge in [-0.05, 0) is 11.2 Å². The van der Waals surface area contributed by atoms with Gasteiger partial charge in [0.25, 0.3) is 0 Å². The third-order valence-corrected chi connectivity index (χ3v) is 2.10. The monoisotopic (exact) mass is 114 g/mol. The van der Waals surface area contributed by atoms with E-state index in [9.17, 15) is 0 Å². The Morgan fingerprint density at radius 3 is 2.00 bits per heavy atom. The van der Waals surface area contributed by atoms with Gasteiger partial charge in [0.15, 0.2) is 7.12 Å². The first kappa shape index (κ1) is 7.41. The predicted octanol–water partition coefficient (Wildman–Crippen LogP) is 1.99. The molecule has 0 aliphatic rings. The van der Waals surface area contributed by atoms with Crippen LogP contribution in [0, 0.1) is 0 Å². The Balaban J connectivity index is 3.36. The minimum atomic E-state index is 0.278. The molecule has 0 aliphatic carbocycles. The van der Waals surface area contributed by atoms with Gasteiger partial charge in [-0.3, -0.25) is 0 Å². The molecule has 40 valence electrons. The normalized spacial score (nSPS) is 11.9. The molecule has 0 amide bonds. The van der Waals surface area contributed by atoms with Crippen LogP contribution in [-0.4, -0.2) is 11.9 Å². The molecule has 0 bridgehead atoms. The van der Waals surface area contributed by atoms with E-state index in [-0.39, 0.29) is 4.75 Å². The van der Waals surface area contributed by atoms with Crippen LogP contribution in [0.2, 0.25) is 0 Å². The molecule has 0 aromatic rings. The van der Waals surface area contributed by atoms with E-state index < -0.39 is 0 Å². The van der Waals surface area contributed by atoms with Crippen molar-refractivity contribution in [3.8, 4) is 0 Å². The van der Waals surface area contributed by atoms with E-state index in [1.165, 1.54) is 11.6 Å². The van der Waals surface area contributed by atoms with E-state index in [0.717, 1.165) is 6.42 Å². The van der Waals surface area contributed by atoms with Crippen LogP contribution in [0.5, 0.6) is 0 Å². The van der Waals surface area contributed by atoms with Crippen molar-refractivity contribution in [3.05, 3.63) is 0 Å². The maximum atomic E-state index is 5.33. The van der Waals surface area contributed by atoms with E-state index in [1.807, 2.05) is 0 Å². The lowest BCUT2D eigenvalue weighted by Crippen LogP contribution is -2.11. The maximum absolute atomic E-state index is 5.33. The first-order valence-electron chi connectivity index (χ1n) is 2.50. The molecule has 2 heteroatoms. The summed E-state index contributed by atoms with van der Waals surface area (Å²) < 4.78 is 0.278. The molecule has 7 heavy (non-hydrogen) atoms. The van der Waals surface area contributed by atoms with Crippen LogP contribution in [0.25, 0.3) is 0 Å². The summed E-state index contributed by atoms with van der Waals surface area (Å²) in [5, 5.41) is 0. The van der Waals surface area contributed by atoms with Crippen LogP contribution in [0.4, 0.5) is 0 Å². The summed E-state index contributed by atoms with van der Waals surface area (Å²) in [4.78, 5) is 0.